The highest BCUT2D eigenvalue weighted by molar-refractivity contribution is 6.04. The summed E-state index contributed by atoms with van der Waals surface area (Å²) < 4.78 is 1.94. The number of nitro benzene ring substituents is 1. The van der Waals surface area contributed by atoms with Crippen molar-refractivity contribution in [3.8, 4) is 5.69 Å². The van der Waals surface area contributed by atoms with E-state index in [1.807, 2.05) is 41.2 Å². The van der Waals surface area contributed by atoms with Gasteiger partial charge in [0.1, 0.15) is 0 Å². The first-order chi connectivity index (χ1) is 11.5. The van der Waals surface area contributed by atoms with Crippen molar-refractivity contribution in [3.05, 3.63) is 88.2 Å². The van der Waals surface area contributed by atoms with Crippen LogP contribution in [0, 0.1) is 17.0 Å². The first kappa shape index (κ1) is 15.5. The number of carbonyl (C=O) groups excluding carboxylic acids is 1. The van der Waals surface area contributed by atoms with Crippen molar-refractivity contribution >= 4 is 17.3 Å². The summed E-state index contributed by atoms with van der Waals surface area (Å²) in [5, 5.41) is 13.7. The van der Waals surface area contributed by atoms with Crippen molar-refractivity contribution < 1.29 is 9.72 Å². The minimum Gasteiger partial charge on any atom is -0.324 e. The van der Waals surface area contributed by atoms with E-state index in [4.69, 9.17) is 0 Å². The Morgan fingerprint density at radius 2 is 1.75 bits per heavy atom. The summed E-state index contributed by atoms with van der Waals surface area (Å²) in [5.41, 5.74) is 2.35. The van der Waals surface area contributed by atoms with Gasteiger partial charge in [0.15, 0.2) is 0 Å². The van der Waals surface area contributed by atoms with Gasteiger partial charge in [0, 0.05) is 41.0 Å². The van der Waals surface area contributed by atoms with E-state index in [1.54, 1.807) is 31.2 Å². The van der Waals surface area contributed by atoms with Crippen molar-refractivity contribution in [2.75, 3.05) is 5.32 Å². The Hall–Kier alpha value is -3.41. The maximum Gasteiger partial charge on any atom is 0.274 e. The first-order valence-electron chi connectivity index (χ1n) is 7.34. The molecule has 0 aliphatic rings. The van der Waals surface area contributed by atoms with Gasteiger partial charge in [-0.15, -0.1) is 0 Å². The zero-order chi connectivity index (χ0) is 17.1. The van der Waals surface area contributed by atoms with Crippen LogP contribution in [0.4, 0.5) is 11.4 Å². The minimum absolute atomic E-state index is 0.0178. The Morgan fingerprint density at radius 1 is 1.08 bits per heavy atom. The van der Waals surface area contributed by atoms with E-state index in [-0.39, 0.29) is 11.6 Å². The number of benzene rings is 2. The Kier molecular flexibility index (Phi) is 4.11. The van der Waals surface area contributed by atoms with Crippen LogP contribution in [0.25, 0.3) is 5.69 Å². The molecule has 0 radical (unpaired) electrons. The number of rotatable bonds is 4. The Bertz CT molecular complexity index is 884. The number of nitrogens with zero attached hydrogens (tertiary/aromatic N) is 2. The smallest absolute Gasteiger partial charge is 0.274 e. The van der Waals surface area contributed by atoms with E-state index in [1.165, 1.54) is 6.07 Å². The number of amides is 1. The molecule has 24 heavy (non-hydrogen) atoms. The van der Waals surface area contributed by atoms with E-state index in [0.29, 0.717) is 16.8 Å². The van der Waals surface area contributed by atoms with Gasteiger partial charge in [-0.2, -0.15) is 0 Å². The molecule has 1 N–H and O–H groups in total. The van der Waals surface area contributed by atoms with Gasteiger partial charge in [0.2, 0.25) is 0 Å². The number of hydrogen-bond acceptors (Lipinski definition) is 3. The van der Waals surface area contributed by atoms with Gasteiger partial charge in [0.25, 0.3) is 11.6 Å². The van der Waals surface area contributed by atoms with Gasteiger partial charge in [-0.3, -0.25) is 14.9 Å². The van der Waals surface area contributed by atoms with Gasteiger partial charge in [-0.25, -0.2) is 0 Å². The minimum atomic E-state index is -0.461. The summed E-state index contributed by atoms with van der Waals surface area (Å²) in [5.74, 6) is -0.313. The monoisotopic (exact) mass is 321 g/mol. The Morgan fingerprint density at radius 3 is 2.38 bits per heavy atom. The number of nitrogens with one attached hydrogen (secondary N) is 1. The lowest BCUT2D eigenvalue weighted by Crippen LogP contribution is -2.12. The molecular weight excluding hydrogens is 306 g/mol. The van der Waals surface area contributed by atoms with E-state index >= 15 is 0 Å². The predicted octanol–water partition coefficient (Wildman–Crippen LogP) is 3.95. The number of carbonyl (C=O) groups is 1. The van der Waals surface area contributed by atoms with Gasteiger partial charge >= 0.3 is 0 Å². The van der Waals surface area contributed by atoms with E-state index in [2.05, 4.69) is 5.32 Å². The summed E-state index contributed by atoms with van der Waals surface area (Å²) in [6.07, 6.45) is 3.83. The van der Waals surface area contributed by atoms with Gasteiger partial charge in [-0.1, -0.05) is 6.07 Å². The molecule has 1 amide bonds. The Labute approximate surface area is 138 Å². The van der Waals surface area contributed by atoms with Crippen LogP contribution in [0.15, 0.2) is 67.0 Å². The highest BCUT2D eigenvalue weighted by Gasteiger charge is 2.13. The van der Waals surface area contributed by atoms with Crippen LogP contribution in [0.1, 0.15) is 15.9 Å². The van der Waals surface area contributed by atoms with Gasteiger partial charge in [0.05, 0.1) is 4.92 Å². The van der Waals surface area contributed by atoms with E-state index in [9.17, 15) is 14.9 Å². The molecule has 1 heterocycles. The molecule has 6 nitrogen and oxygen atoms in total. The lowest BCUT2D eigenvalue weighted by Gasteiger charge is -2.08. The fourth-order valence-electron chi connectivity index (χ4n) is 2.38. The average Bonchev–Trinajstić information content (AvgIpc) is 3.11. The average molecular weight is 321 g/mol. The molecule has 0 fully saturated rings. The molecule has 120 valence electrons. The highest BCUT2D eigenvalue weighted by atomic mass is 16.6. The van der Waals surface area contributed by atoms with Crippen LogP contribution in [0.5, 0.6) is 0 Å². The molecule has 0 aliphatic carbocycles. The number of aryl methyl sites for hydroxylation is 1. The zero-order valence-electron chi connectivity index (χ0n) is 13.0. The molecular formula is C18H15N3O3. The van der Waals surface area contributed by atoms with Crippen LogP contribution >= 0.6 is 0 Å². The molecule has 0 bridgehead atoms. The van der Waals surface area contributed by atoms with Crippen molar-refractivity contribution in [2.24, 2.45) is 0 Å². The second kappa shape index (κ2) is 6.37. The van der Waals surface area contributed by atoms with E-state index in [0.717, 1.165) is 5.69 Å². The molecule has 6 heteroatoms. The van der Waals surface area contributed by atoms with Gasteiger partial charge < -0.3 is 9.88 Å². The quantitative estimate of drug-likeness (QED) is 0.584. The van der Waals surface area contributed by atoms with Crippen LogP contribution in [-0.4, -0.2) is 15.4 Å². The summed E-state index contributed by atoms with van der Waals surface area (Å²) in [6.45, 7) is 1.66. The fourth-order valence-corrected chi connectivity index (χ4v) is 2.38. The van der Waals surface area contributed by atoms with Crippen LogP contribution < -0.4 is 5.32 Å². The molecule has 1 aromatic heterocycles. The fraction of sp³-hybridized carbons (Fsp3) is 0.0556. The van der Waals surface area contributed by atoms with Crippen LogP contribution in [-0.2, 0) is 0 Å². The van der Waals surface area contributed by atoms with Crippen molar-refractivity contribution in [2.45, 2.75) is 6.92 Å². The zero-order valence-corrected chi connectivity index (χ0v) is 13.0. The number of anilines is 1. The third-order valence-electron chi connectivity index (χ3n) is 3.70. The second-order valence-corrected chi connectivity index (χ2v) is 5.35. The number of aromatic nitrogens is 1. The molecule has 2 aromatic carbocycles. The molecule has 3 rings (SSSR count). The first-order valence-corrected chi connectivity index (χ1v) is 7.34. The molecule has 0 aliphatic heterocycles. The normalized spacial score (nSPS) is 10.4. The van der Waals surface area contributed by atoms with Gasteiger partial charge in [-0.05, 0) is 49.4 Å². The number of hydrogen-bond donors (Lipinski definition) is 1. The molecule has 0 atom stereocenters. The SMILES string of the molecule is Cc1ccc(NC(=O)c2ccc(-n3cccc3)cc2)cc1[N+](=O)[O-]. The third-order valence-corrected chi connectivity index (χ3v) is 3.70. The number of nitro groups is 1. The molecule has 0 spiro atoms. The van der Waals surface area contributed by atoms with Crippen LogP contribution in [0.2, 0.25) is 0 Å². The van der Waals surface area contributed by atoms with Crippen molar-refractivity contribution in [1.82, 2.24) is 4.57 Å². The summed E-state index contributed by atoms with van der Waals surface area (Å²) in [6, 6.07) is 15.6. The highest BCUT2D eigenvalue weighted by Crippen LogP contribution is 2.22. The van der Waals surface area contributed by atoms with Crippen molar-refractivity contribution in [3.63, 3.8) is 0 Å². The lowest BCUT2D eigenvalue weighted by atomic mass is 10.1. The summed E-state index contributed by atoms with van der Waals surface area (Å²) >= 11 is 0. The maximum absolute atomic E-state index is 12.3. The standard InChI is InChI=1S/C18H15N3O3/c1-13-4-7-15(12-17(13)21(23)24)19-18(22)14-5-8-16(9-6-14)20-10-2-3-11-20/h2-12H,1H3,(H,19,22). The topological polar surface area (TPSA) is 77.2 Å². The van der Waals surface area contributed by atoms with Crippen LogP contribution in [0.3, 0.4) is 0 Å². The Balaban J connectivity index is 1.78. The molecule has 0 unspecified atom stereocenters. The molecule has 0 saturated heterocycles. The van der Waals surface area contributed by atoms with E-state index < -0.39 is 4.92 Å². The largest absolute Gasteiger partial charge is 0.324 e. The maximum atomic E-state index is 12.3. The summed E-state index contributed by atoms with van der Waals surface area (Å²) in [4.78, 5) is 22.8. The lowest BCUT2D eigenvalue weighted by molar-refractivity contribution is -0.385. The predicted molar refractivity (Wildman–Crippen MR) is 91.6 cm³/mol. The third kappa shape index (κ3) is 3.17. The molecule has 0 saturated carbocycles. The summed E-state index contributed by atoms with van der Waals surface area (Å²) in [7, 11) is 0. The molecule has 3 aromatic rings. The van der Waals surface area contributed by atoms with Crippen molar-refractivity contribution in [1.29, 1.82) is 0 Å². The second-order valence-electron chi connectivity index (χ2n) is 5.35.